The Balaban J connectivity index is 1.86. The lowest BCUT2D eigenvalue weighted by atomic mass is 9.92. The molecule has 16 heavy (non-hydrogen) atoms. The van der Waals surface area contributed by atoms with Crippen LogP contribution in [0.4, 0.5) is 0 Å². The van der Waals surface area contributed by atoms with Gasteiger partial charge in [0.15, 0.2) is 0 Å². The van der Waals surface area contributed by atoms with Crippen LogP contribution >= 0.6 is 0 Å². The van der Waals surface area contributed by atoms with E-state index in [4.69, 9.17) is 0 Å². The van der Waals surface area contributed by atoms with Crippen LogP contribution in [0.25, 0.3) is 0 Å². The van der Waals surface area contributed by atoms with Crippen molar-refractivity contribution in [1.29, 1.82) is 0 Å². The molecule has 88 valence electrons. The quantitative estimate of drug-likeness (QED) is 0.804. The molecule has 2 N–H and O–H groups in total. The van der Waals surface area contributed by atoms with E-state index < -0.39 is 0 Å². The normalized spacial score (nSPS) is 25.6. The summed E-state index contributed by atoms with van der Waals surface area (Å²) in [5.74, 6) is 0.795. The molecule has 1 aliphatic rings. The van der Waals surface area contributed by atoms with Gasteiger partial charge >= 0.3 is 0 Å². The number of hydrogen-bond acceptors (Lipinski definition) is 4. The standard InChI is InChI=1S/C12H19N3O/c1-9-13-7-6-10(15-9)8-14-11-4-2-3-5-12(11)16/h6-7,11-12,14,16H,2-5,8H2,1H3/t11-,12-/m1/s1. The molecule has 0 aromatic carbocycles. The van der Waals surface area contributed by atoms with Gasteiger partial charge in [0.1, 0.15) is 5.82 Å². The summed E-state index contributed by atoms with van der Waals surface area (Å²) in [5, 5.41) is 13.2. The summed E-state index contributed by atoms with van der Waals surface area (Å²) in [5.41, 5.74) is 0.991. The number of aliphatic hydroxyl groups is 1. The van der Waals surface area contributed by atoms with Crippen molar-refractivity contribution < 1.29 is 5.11 Å². The molecule has 1 aromatic heterocycles. The van der Waals surface area contributed by atoms with Gasteiger partial charge in [0.2, 0.25) is 0 Å². The zero-order chi connectivity index (χ0) is 11.4. The van der Waals surface area contributed by atoms with Gasteiger partial charge in [-0.05, 0) is 25.8 Å². The van der Waals surface area contributed by atoms with Gasteiger partial charge in [-0.1, -0.05) is 12.8 Å². The maximum atomic E-state index is 9.81. The van der Waals surface area contributed by atoms with E-state index in [9.17, 15) is 5.11 Å². The molecule has 2 rings (SSSR count). The third-order valence-electron chi connectivity index (χ3n) is 3.11. The Morgan fingerprint density at radius 3 is 3.00 bits per heavy atom. The van der Waals surface area contributed by atoms with Crippen LogP contribution in [-0.4, -0.2) is 27.2 Å². The summed E-state index contributed by atoms with van der Waals surface area (Å²) >= 11 is 0. The van der Waals surface area contributed by atoms with Crippen molar-refractivity contribution >= 4 is 0 Å². The SMILES string of the molecule is Cc1nccc(CN[C@@H]2CCCC[C@H]2O)n1. The number of aryl methyl sites for hydroxylation is 1. The third kappa shape index (κ3) is 3.00. The van der Waals surface area contributed by atoms with E-state index in [0.717, 1.165) is 30.8 Å². The molecule has 2 atom stereocenters. The fourth-order valence-electron chi connectivity index (χ4n) is 2.19. The van der Waals surface area contributed by atoms with Gasteiger partial charge in [-0.25, -0.2) is 9.97 Å². The molecule has 0 amide bonds. The van der Waals surface area contributed by atoms with Crippen LogP contribution in [0.15, 0.2) is 12.3 Å². The molecule has 4 nitrogen and oxygen atoms in total. The van der Waals surface area contributed by atoms with Gasteiger partial charge in [-0.2, -0.15) is 0 Å². The third-order valence-corrected chi connectivity index (χ3v) is 3.11. The van der Waals surface area contributed by atoms with Crippen molar-refractivity contribution in [1.82, 2.24) is 15.3 Å². The first-order valence-corrected chi connectivity index (χ1v) is 5.95. The second-order valence-corrected chi connectivity index (χ2v) is 4.43. The van der Waals surface area contributed by atoms with Gasteiger partial charge in [0, 0.05) is 18.8 Å². The van der Waals surface area contributed by atoms with Crippen molar-refractivity contribution in [2.45, 2.75) is 51.3 Å². The van der Waals surface area contributed by atoms with Gasteiger partial charge < -0.3 is 10.4 Å². The molecule has 0 aliphatic heterocycles. The van der Waals surface area contributed by atoms with Gasteiger partial charge in [-0.3, -0.25) is 0 Å². The summed E-state index contributed by atoms with van der Waals surface area (Å²) in [6.45, 7) is 2.60. The van der Waals surface area contributed by atoms with Crippen LogP contribution in [0.2, 0.25) is 0 Å². The zero-order valence-electron chi connectivity index (χ0n) is 9.69. The maximum Gasteiger partial charge on any atom is 0.125 e. The first-order chi connectivity index (χ1) is 7.75. The van der Waals surface area contributed by atoms with Gasteiger partial charge in [-0.15, -0.1) is 0 Å². The second-order valence-electron chi connectivity index (χ2n) is 4.43. The first-order valence-electron chi connectivity index (χ1n) is 5.95. The van der Waals surface area contributed by atoms with E-state index >= 15 is 0 Å². The van der Waals surface area contributed by atoms with Gasteiger partial charge in [0.25, 0.3) is 0 Å². The lowest BCUT2D eigenvalue weighted by Crippen LogP contribution is -2.41. The monoisotopic (exact) mass is 221 g/mol. The van der Waals surface area contributed by atoms with Crippen LogP contribution < -0.4 is 5.32 Å². The van der Waals surface area contributed by atoms with Gasteiger partial charge in [0.05, 0.1) is 11.8 Å². The highest BCUT2D eigenvalue weighted by molar-refractivity contribution is 5.01. The molecule has 1 aliphatic carbocycles. The molecule has 0 bridgehead atoms. The molecule has 1 aromatic rings. The van der Waals surface area contributed by atoms with Crippen molar-refractivity contribution in [3.63, 3.8) is 0 Å². The van der Waals surface area contributed by atoms with Crippen LogP contribution in [0.1, 0.15) is 37.2 Å². The van der Waals surface area contributed by atoms with E-state index in [1.165, 1.54) is 6.42 Å². The molecular weight excluding hydrogens is 202 g/mol. The molecule has 0 spiro atoms. The number of hydrogen-bond donors (Lipinski definition) is 2. The molecule has 1 saturated carbocycles. The van der Waals surface area contributed by atoms with Crippen LogP contribution in [0, 0.1) is 6.92 Å². The lowest BCUT2D eigenvalue weighted by molar-refractivity contribution is 0.0901. The largest absolute Gasteiger partial charge is 0.392 e. The molecule has 4 heteroatoms. The number of rotatable bonds is 3. The average molecular weight is 221 g/mol. The molecule has 1 fully saturated rings. The lowest BCUT2D eigenvalue weighted by Gasteiger charge is -2.28. The number of nitrogens with one attached hydrogen (secondary N) is 1. The zero-order valence-corrected chi connectivity index (χ0v) is 9.69. The Bertz CT molecular complexity index is 343. The van der Waals surface area contributed by atoms with Crippen molar-refractivity contribution in [2.75, 3.05) is 0 Å². The number of aromatic nitrogens is 2. The summed E-state index contributed by atoms with van der Waals surface area (Å²) < 4.78 is 0. The topological polar surface area (TPSA) is 58.0 Å². The molecule has 1 heterocycles. The predicted octanol–water partition coefficient (Wildman–Crippen LogP) is 1.18. The van der Waals surface area contributed by atoms with Crippen molar-refractivity contribution in [2.24, 2.45) is 0 Å². The Labute approximate surface area is 96.1 Å². The Kier molecular flexibility index (Phi) is 3.85. The van der Waals surface area contributed by atoms with Crippen LogP contribution in [0.5, 0.6) is 0 Å². The number of nitrogens with zero attached hydrogens (tertiary/aromatic N) is 2. The Hall–Kier alpha value is -1.00. The minimum atomic E-state index is -0.198. The fourth-order valence-corrected chi connectivity index (χ4v) is 2.19. The number of aliphatic hydroxyl groups excluding tert-OH is 1. The molecular formula is C12H19N3O. The molecule has 0 saturated heterocycles. The minimum Gasteiger partial charge on any atom is -0.392 e. The van der Waals surface area contributed by atoms with Crippen molar-refractivity contribution in [3.05, 3.63) is 23.8 Å². The van der Waals surface area contributed by atoms with E-state index in [2.05, 4.69) is 15.3 Å². The summed E-state index contributed by atoms with van der Waals surface area (Å²) in [6, 6.07) is 2.14. The van der Waals surface area contributed by atoms with E-state index in [0.29, 0.717) is 6.54 Å². The Morgan fingerprint density at radius 1 is 1.44 bits per heavy atom. The van der Waals surface area contributed by atoms with Crippen LogP contribution in [0.3, 0.4) is 0 Å². The second kappa shape index (κ2) is 5.37. The van der Waals surface area contributed by atoms with Crippen LogP contribution in [-0.2, 0) is 6.54 Å². The molecule has 0 unspecified atom stereocenters. The summed E-state index contributed by atoms with van der Waals surface area (Å²) in [4.78, 5) is 8.39. The van der Waals surface area contributed by atoms with E-state index in [1.54, 1.807) is 6.20 Å². The summed E-state index contributed by atoms with van der Waals surface area (Å²) in [6.07, 6.45) is 5.91. The van der Waals surface area contributed by atoms with E-state index in [1.807, 2.05) is 13.0 Å². The van der Waals surface area contributed by atoms with Crippen molar-refractivity contribution in [3.8, 4) is 0 Å². The maximum absolute atomic E-state index is 9.81. The predicted molar refractivity (Wildman–Crippen MR) is 61.9 cm³/mol. The Morgan fingerprint density at radius 2 is 2.25 bits per heavy atom. The average Bonchev–Trinajstić information content (AvgIpc) is 2.28. The highest BCUT2D eigenvalue weighted by Crippen LogP contribution is 2.18. The van der Waals surface area contributed by atoms with E-state index in [-0.39, 0.29) is 12.1 Å². The molecule has 0 radical (unpaired) electrons. The smallest absolute Gasteiger partial charge is 0.125 e. The minimum absolute atomic E-state index is 0.198. The highest BCUT2D eigenvalue weighted by atomic mass is 16.3. The fraction of sp³-hybridized carbons (Fsp3) is 0.667. The highest BCUT2D eigenvalue weighted by Gasteiger charge is 2.22. The first kappa shape index (κ1) is 11.5. The summed E-state index contributed by atoms with van der Waals surface area (Å²) in [7, 11) is 0.